The van der Waals surface area contributed by atoms with E-state index in [1.165, 1.54) is 10.9 Å². The van der Waals surface area contributed by atoms with Crippen molar-refractivity contribution in [3.8, 4) is 0 Å². The third kappa shape index (κ3) is 3.37. The van der Waals surface area contributed by atoms with E-state index in [-0.39, 0.29) is 24.2 Å². The molecule has 2 rings (SSSR count). The van der Waals surface area contributed by atoms with Gasteiger partial charge in [-0.3, -0.25) is 9.78 Å². The van der Waals surface area contributed by atoms with Gasteiger partial charge in [0, 0.05) is 6.20 Å². The van der Waals surface area contributed by atoms with Crippen molar-refractivity contribution in [2.75, 3.05) is 0 Å². The highest BCUT2D eigenvalue weighted by Crippen LogP contribution is 2.07. The molecule has 8 nitrogen and oxygen atoms in total. The van der Waals surface area contributed by atoms with Gasteiger partial charge in [0.15, 0.2) is 5.69 Å². The van der Waals surface area contributed by atoms with Crippen LogP contribution in [0.1, 0.15) is 29.1 Å². The Morgan fingerprint density at radius 2 is 2.25 bits per heavy atom. The summed E-state index contributed by atoms with van der Waals surface area (Å²) in [5.74, 6) is -1.48. The molecule has 20 heavy (non-hydrogen) atoms. The summed E-state index contributed by atoms with van der Waals surface area (Å²) in [5.41, 5.74) is 0.543. The lowest BCUT2D eigenvalue weighted by Crippen LogP contribution is -2.30. The molecule has 0 spiro atoms. The highest BCUT2D eigenvalue weighted by atomic mass is 16.4. The van der Waals surface area contributed by atoms with Crippen molar-refractivity contribution < 1.29 is 14.7 Å². The van der Waals surface area contributed by atoms with E-state index < -0.39 is 5.97 Å². The van der Waals surface area contributed by atoms with E-state index in [0.29, 0.717) is 0 Å². The molecule has 0 aromatic carbocycles. The second-order valence-electron chi connectivity index (χ2n) is 4.15. The Labute approximate surface area is 114 Å². The van der Waals surface area contributed by atoms with Crippen molar-refractivity contribution in [1.29, 1.82) is 0 Å². The largest absolute Gasteiger partial charge is 0.476 e. The molecule has 2 aromatic heterocycles. The van der Waals surface area contributed by atoms with Crippen molar-refractivity contribution in [3.05, 3.63) is 42.0 Å². The van der Waals surface area contributed by atoms with Gasteiger partial charge in [0.2, 0.25) is 5.91 Å². The lowest BCUT2D eigenvalue weighted by molar-refractivity contribution is -0.122. The quantitative estimate of drug-likeness (QED) is 0.809. The number of amides is 1. The van der Waals surface area contributed by atoms with Gasteiger partial charge in [0.1, 0.15) is 6.54 Å². The van der Waals surface area contributed by atoms with Crippen LogP contribution in [0.3, 0.4) is 0 Å². The summed E-state index contributed by atoms with van der Waals surface area (Å²) in [6.45, 7) is 1.71. The second kappa shape index (κ2) is 5.91. The number of carboxylic acid groups (broad SMARTS) is 1. The lowest BCUT2D eigenvalue weighted by Gasteiger charge is -2.12. The van der Waals surface area contributed by atoms with Crippen LogP contribution in [0.2, 0.25) is 0 Å². The van der Waals surface area contributed by atoms with Crippen LogP contribution in [0.25, 0.3) is 0 Å². The van der Waals surface area contributed by atoms with Gasteiger partial charge in [-0.05, 0) is 19.1 Å². The molecule has 0 fully saturated rings. The zero-order valence-electron chi connectivity index (χ0n) is 10.7. The van der Waals surface area contributed by atoms with Crippen LogP contribution in [-0.2, 0) is 11.3 Å². The van der Waals surface area contributed by atoms with E-state index in [0.717, 1.165) is 5.69 Å². The number of nitrogens with one attached hydrogen (secondary N) is 1. The Morgan fingerprint density at radius 3 is 2.85 bits per heavy atom. The Morgan fingerprint density at radius 1 is 1.45 bits per heavy atom. The first-order valence-electron chi connectivity index (χ1n) is 5.90. The number of hydrogen-bond donors (Lipinski definition) is 2. The fourth-order valence-electron chi connectivity index (χ4n) is 1.61. The van der Waals surface area contributed by atoms with Gasteiger partial charge in [-0.15, -0.1) is 5.10 Å². The maximum Gasteiger partial charge on any atom is 0.358 e. The Kier molecular flexibility index (Phi) is 4.04. The van der Waals surface area contributed by atoms with Gasteiger partial charge >= 0.3 is 5.97 Å². The molecule has 0 saturated carbocycles. The summed E-state index contributed by atoms with van der Waals surface area (Å²) in [7, 11) is 0. The molecule has 0 saturated heterocycles. The van der Waals surface area contributed by atoms with Crippen LogP contribution in [0.5, 0.6) is 0 Å². The third-order valence-electron chi connectivity index (χ3n) is 2.57. The molecule has 2 N–H and O–H groups in total. The normalized spacial score (nSPS) is 11.8. The van der Waals surface area contributed by atoms with Crippen LogP contribution in [-0.4, -0.2) is 37.0 Å². The average molecular weight is 275 g/mol. The standard InChI is InChI=1S/C12H13N5O3/c1-8(9-4-2-3-5-13-9)14-11(18)7-17-6-10(12(19)20)15-16-17/h2-6,8H,7H2,1H3,(H,14,18)(H,19,20). The minimum Gasteiger partial charge on any atom is -0.476 e. The lowest BCUT2D eigenvalue weighted by atomic mass is 10.2. The van der Waals surface area contributed by atoms with E-state index in [4.69, 9.17) is 5.11 Å². The number of hydrogen-bond acceptors (Lipinski definition) is 5. The summed E-state index contributed by atoms with van der Waals surface area (Å²) >= 11 is 0. The molecule has 0 bridgehead atoms. The number of rotatable bonds is 5. The first kappa shape index (κ1) is 13.7. The number of carbonyl (C=O) groups is 2. The molecule has 2 heterocycles. The zero-order chi connectivity index (χ0) is 14.5. The predicted molar refractivity (Wildman–Crippen MR) is 67.8 cm³/mol. The van der Waals surface area contributed by atoms with Crippen molar-refractivity contribution >= 4 is 11.9 Å². The Hall–Kier alpha value is -2.77. The van der Waals surface area contributed by atoms with Gasteiger partial charge in [-0.25, -0.2) is 9.48 Å². The molecule has 0 aliphatic rings. The maximum absolute atomic E-state index is 11.8. The fourth-order valence-corrected chi connectivity index (χ4v) is 1.61. The number of pyridine rings is 1. The molecule has 2 aromatic rings. The van der Waals surface area contributed by atoms with Crippen molar-refractivity contribution in [1.82, 2.24) is 25.3 Å². The predicted octanol–water partition coefficient (Wildman–Crippen LogP) is 0.249. The van der Waals surface area contributed by atoms with E-state index in [1.54, 1.807) is 12.3 Å². The molecule has 1 atom stereocenters. The smallest absolute Gasteiger partial charge is 0.358 e. The maximum atomic E-state index is 11.8. The number of carbonyl (C=O) groups excluding carboxylic acids is 1. The van der Waals surface area contributed by atoms with E-state index >= 15 is 0 Å². The van der Waals surface area contributed by atoms with E-state index in [1.807, 2.05) is 19.1 Å². The number of carboxylic acids is 1. The topological polar surface area (TPSA) is 110 Å². The van der Waals surface area contributed by atoms with Crippen molar-refractivity contribution in [2.45, 2.75) is 19.5 Å². The van der Waals surface area contributed by atoms with Crippen LogP contribution in [0.4, 0.5) is 0 Å². The minimum absolute atomic E-state index is 0.0997. The molecule has 8 heteroatoms. The number of aromatic carboxylic acids is 1. The summed E-state index contributed by atoms with van der Waals surface area (Å²) in [5, 5.41) is 18.4. The summed E-state index contributed by atoms with van der Waals surface area (Å²) in [6, 6.07) is 5.19. The van der Waals surface area contributed by atoms with Crippen LogP contribution < -0.4 is 5.32 Å². The second-order valence-corrected chi connectivity index (χ2v) is 4.15. The number of aromatic nitrogens is 4. The Bertz CT molecular complexity index is 611. The average Bonchev–Trinajstić information content (AvgIpc) is 2.88. The van der Waals surface area contributed by atoms with Crippen molar-refractivity contribution in [3.63, 3.8) is 0 Å². The summed E-state index contributed by atoms with van der Waals surface area (Å²) in [4.78, 5) is 26.6. The van der Waals surface area contributed by atoms with Gasteiger partial charge < -0.3 is 10.4 Å². The van der Waals surface area contributed by atoms with Crippen LogP contribution >= 0.6 is 0 Å². The summed E-state index contributed by atoms with van der Waals surface area (Å²) < 4.78 is 1.17. The van der Waals surface area contributed by atoms with Crippen LogP contribution in [0.15, 0.2) is 30.6 Å². The first-order chi connectivity index (χ1) is 9.56. The van der Waals surface area contributed by atoms with E-state index in [9.17, 15) is 9.59 Å². The Balaban J connectivity index is 1.93. The molecular weight excluding hydrogens is 262 g/mol. The minimum atomic E-state index is -1.18. The van der Waals surface area contributed by atoms with Gasteiger partial charge in [-0.2, -0.15) is 0 Å². The molecule has 0 aliphatic carbocycles. The monoisotopic (exact) mass is 275 g/mol. The highest BCUT2D eigenvalue weighted by Gasteiger charge is 2.13. The molecule has 0 radical (unpaired) electrons. The van der Waals surface area contributed by atoms with Gasteiger partial charge in [-0.1, -0.05) is 11.3 Å². The molecule has 104 valence electrons. The van der Waals surface area contributed by atoms with Crippen molar-refractivity contribution in [2.24, 2.45) is 0 Å². The molecule has 0 aliphatic heterocycles. The van der Waals surface area contributed by atoms with Gasteiger partial charge in [0.25, 0.3) is 0 Å². The van der Waals surface area contributed by atoms with Crippen LogP contribution in [0, 0.1) is 0 Å². The molecule has 1 amide bonds. The van der Waals surface area contributed by atoms with E-state index in [2.05, 4.69) is 20.6 Å². The molecule has 1 unspecified atom stereocenters. The fraction of sp³-hybridized carbons (Fsp3) is 0.250. The summed E-state index contributed by atoms with van der Waals surface area (Å²) in [6.07, 6.45) is 2.85. The third-order valence-corrected chi connectivity index (χ3v) is 2.57. The highest BCUT2D eigenvalue weighted by molar-refractivity contribution is 5.84. The zero-order valence-corrected chi connectivity index (χ0v) is 10.7. The van der Waals surface area contributed by atoms with Gasteiger partial charge in [0.05, 0.1) is 17.9 Å². The number of nitrogens with zero attached hydrogens (tertiary/aromatic N) is 4. The first-order valence-corrected chi connectivity index (χ1v) is 5.90. The molecular formula is C12H13N5O3. The SMILES string of the molecule is CC(NC(=O)Cn1cc(C(=O)O)nn1)c1ccccn1.